The van der Waals surface area contributed by atoms with E-state index in [0.717, 1.165) is 24.3 Å². The molecular weight excluding hydrogens is 350 g/mol. The fourth-order valence-electron chi connectivity index (χ4n) is 2.59. The van der Waals surface area contributed by atoms with Gasteiger partial charge in [-0.3, -0.25) is 10.1 Å². The van der Waals surface area contributed by atoms with Crippen LogP contribution < -0.4 is 5.32 Å². The van der Waals surface area contributed by atoms with Crippen LogP contribution in [0.5, 0.6) is 0 Å². The van der Waals surface area contributed by atoms with Crippen molar-refractivity contribution in [1.29, 1.82) is 0 Å². The first kappa shape index (κ1) is 17.1. The molecule has 130 valence electrons. The van der Waals surface area contributed by atoms with Crippen molar-refractivity contribution in [3.8, 4) is 0 Å². The van der Waals surface area contributed by atoms with Crippen molar-refractivity contribution in [1.82, 2.24) is 19.1 Å². The molecule has 0 aliphatic carbocycles. The molecule has 1 amide bonds. The molecule has 1 N–H and O–H groups in total. The second-order valence-corrected chi connectivity index (χ2v) is 8.59. The largest absolute Gasteiger partial charge is 0.345 e. The topological polar surface area (TPSA) is 97.2 Å². The fraction of sp³-hybridized carbons (Fsp3) is 0.500. The maximum atomic E-state index is 12.6. The van der Waals surface area contributed by atoms with Crippen LogP contribution >= 0.6 is 11.3 Å². The Kier molecular flexibility index (Phi) is 4.70. The SMILES string of the molecule is CCc1nnc(NC(=O)c2cc(S(=O)(=O)N3CCCC3)cn2C)s1. The number of carbonyl (C=O) groups excluding carboxylic acids is 1. The number of nitrogens with zero attached hydrogens (tertiary/aromatic N) is 4. The number of amides is 1. The highest BCUT2D eigenvalue weighted by molar-refractivity contribution is 7.89. The van der Waals surface area contributed by atoms with Crippen LogP contribution in [0.25, 0.3) is 0 Å². The lowest BCUT2D eigenvalue weighted by molar-refractivity contribution is 0.101. The predicted octanol–water partition coefficient (Wildman–Crippen LogP) is 1.48. The summed E-state index contributed by atoms with van der Waals surface area (Å²) in [6, 6.07) is 1.41. The number of sulfonamides is 1. The summed E-state index contributed by atoms with van der Waals surface area (Å²) in [5.74, 6) is -0.404. The number of rotatable bonds is 5. The van der Waals surface area contributed by atoms with Crippen molar-refractivity contribution < 1.29 is 13.2 Å². The van der Waals surface area contributed by atoms with Crippen molar-refractivity contribution in [2.45, 2.75) is 31.1 Å². The Morgan fingerprint density at radius 3 is 2.67 bits per heavy atom. The van der Waals surface area contributed by atoms with E-state index < -0.39 is 15.9 Å². The Hall–Kier alpha value is -1.78. The minimum absolute atomic E-state index is 0.142. The third-order valence-corrected chi connectivity index (χ3v) is 6.75. The Labute approximate surface area is 144 Å². The monoisotopic (exact) mass is 369 g/mol. The van der Waals surface area contributed by atoms with Crippen molar-refractivity contribution in [3.63, 3.8) is 0 Å². The number of carbonyl (C=O) groups is 1. The normalized spacial score (nSPS) is 15.8. The highest BCUT2D eigenvalue weighted by Gasteiger charge is 2.29. The summed E-state index contributed by atoms with van der Waals surface area (Å²) in [5, 5.41) is 11.7. The second kappa shape index (κ2) is 6.61. The smallest absolute Gasteiger partial charge is 0.274 e. The Balaban J connectivity index is 1.81. The molecule has 1 aliphatic heterocycles. The van der Waals surface area contributed by atoms with Crippen LogP contribution in [0.1, 0.15) is 35.3 Å². The van der Waals surface area contributed by atoms with Gasteiger partial charge in [-0.15, -0.1) is 10.2 Å². The fourth-order valence-corrected chi connectivity index (χ4v) is 4.85. The molecule has 0 radical (unpaired) electrons. The molecule has 2 aromatic heterocycles. The number of aryl methyl sites for hydroxylation is 2. The van der Waals surface area contributed by atoms with E-state index in [1.807, 2.05) is 6.92 Å². The van der Waals surface area contributed by atoms with Crippen LogP contribution in [0.3, 0.4) is 0 Å². The molecule has 1 saturated heterocycles. The molecule has 8 nitrogen and oxygen atoms in total. The van der Waals surface area contributed by atoms with Gasteiger partial charge < -0.3 is 4.57 Å². The third kappa shape index (κ3) is 3.21. The highest BCUT2D eigenvalue weighted by Crippen LogP contribution is 2.23. The number of anilines is 1. The van der Waals surface area contributed by atoms with Gasteiger partial charge in [-0.2, -0.15) is 4.31 Å². The number of hydrogen-bond acceptors (Lipinski definition) is 6. The first-order valence-corrected chi connectivity index (χ1v) is 9.97. The van der Waals surface area contributed by atoms with Gasteiger partial charge >= 0.3 is 0 Å². The van der Waals surface area contributed by atoms with Crippen LogP contribution in [-0.4, -0.2) is 46.5 Å². The van der Waals surface area contributed by atoms with Gasteiger partial charge in [-0.25, -0.2) is 8.42 Å². The van der Waals surface area contributed by atoms with E-state index in [1.165, 1.54) is 32.5 Å². The molecular formula is C14H19N5O3S2. The Morgan fingerprint density at radius 2 is 2.04 bits per heavy atom. The van der Waals surface area contributed by atoms with Crippen LogP contribution in [0.2, 0.25) is 0 Å². The molecule has 0 bridgehead atoms. The van der Waals surface area contributed by atoms with E-state index in [9.17, 15) is 13.2 Å². The zero-order valence-corrected chi connectivity index (χ0v) is 15.2. The van der Waals surface area contributed by atoms with Gasteiger partial charge in [-0.05, 0) is 25.3 Å². The predicted molar refractivity (Wildman–Crippen MR) is 90.6 cm³/mol. The zero-order valence-electron chi connectivity index (χ0n) is 13.5. The molecule has 3 rings (SSSR count). The van der Waals surface area contributed by atoms with E-state index in [2.05, 4.69) is 15.5 Å². The first-order valence-electron chi connectivity index (χ1n) is 7.72. The molecule has 0 spiro atoms. The maximum absolute atomic E-state index is 12.6. The molecule has 0 atom stereocenters. The summed E-state index contributed by atoms with van der Waals surface area (Å²) in [7, 11) is -1.89. The summed E-state index contributed by atoms with van der Waals surface area (Å²) < 4.78 is 28.1. The first-order chi connectivity index (χ1) is 11.4. The van der Waals surface area contributed by atoms with Gasteiger partial charge in [0.2, 0.25) is 15.2 Å². The van der Waals surface area contributed by atoms with E-state index in [1.54, 1.807) is 7.05 Å². The van der Waals surface area contributed by atoms with Crippen LogP contribution in [-0.2, 0) is 23.5 Å². The lowest BCUT2D eigenvalue weighted by Crippen LogP contribution is -2.27. The van der Waals surface area contributed by atoms with Crippen molar-refractivity contribution in [2.24, 2.45) is 7.05 Å². The van der Waals surface area contributed by atoms with Crippen LogP contribution in [0.15, 0.2) is 17.2 Å². The third-order valence-electron chi connectivity index (χ3n) is 3.91. The van der Waals surface area contributed by atoms with Gasteiger partial charge in [0.1, 0.15) is 15.6 Å². The summed E-state index contributed by atoms with van der Waals surface area (Å²) in [5.41, 5.74) is 0.265. The van der Waals surface area contributed by atoms with Gasteiger partial charge in [-0.1, -0.05) is 18.3 Å². The van der Waals surface area contributed by atoms with E-state index >= 15 is 0 Å². The molecule has 3 heterocycles. The summed E-state index contributed by atoms with van der Waals surface area (Å²) in [6.45, 7) is 3.02. The molecule has 0 aromatic carbocycles. The van der Waals surface area contributed by atoms with E-state index in [4.69, 9.17) is 0 Å². The summed E-state index contributed by atoms with van der Waals surface area (Å²) in [4.78, 5) is 12.5. The van der Waals surface area contributed by atoms with Gasteiger partial charge in [0, 0.05) is 26.3 Å². The van der Waals surface area contributed by atoms with Gasteiger partial charge in [0.25, 0.3) is 5.91 Å². The Morgan fingerprint density at radius 1 is 1.33 bits per heavy atom. The van der Waals surface area contributed by atoms with E-state index in [-0.39, 0.29) is 10.6 Å². The Bertz CT molecular complexity index is 850. The van der Waals surface area contributed by atoms with Crippen LogP contribution in [0, 0.1) is 0 Å². The molecule has 24 heavy (non-hydrogen) atoms. The maximum Gasteiger partial charge on any atom is 0.274 e. The average molecular weight is 369 g/mol. The van der Waals surface area contributed by atoms with Crippen molar-refractivity contribution in [2.75, 3.05) is 18.4 Å². The molecule has 0 saturated carbocycles. The van der Waals surface area contributed by atoms with Crippen LogP contribution in [0.4, 0.5) is 5.13 Å². The van der Waals surface area contributed by atoms with Gasteiger partial charge in [0.05, 0.1) is 0 Å². The number of nitrogens with one attached hydrogen (secondary N) is 1. The quantitative estimate of drug-likeness (QED) is 0.861. The number of aromatic nitrogens is 3. The minimum atomic E-state index is -3.54. The summed E-state index contributed by atoms with van der Waals surface area (Å²) >= 11 is 1.30. The molecule has 2 aromatic rings. The summed E-state index contributed by atoms with van der Waals surface area (Å²) in [6.07, 6.45) is 3.96. The average Bonchev–Trinajstić information content (AvgIpc) is 3.27. The highest BCUT2D eigenvalue weighted by atomic mass is 32.2. The molecule has 1 aliphatic rings. The van der Waals surface area contributed by atoms with Gasteiger partial charge in [0.15, 0.2) is 0 Å². The zero-order chi connectivity index (χ0) is 17.3. The minimum Gasteiger partial charge on any atom is -0.345 e. The number of hydrogen-bond donors (Lipinski definition) is 1. The van der Waals surface area contributed by atoms with E-state index in [0.29, 0.717) is 18.2 Å². The molecule has 10 heteroatoms. The standard InChI is InChI=1S/C14H19N5O3S2/c1-3-12-16-17-14(23-12)15-13(20)11-8-10(9-18(11)2)24(21,22)19-6-4-5-7-19/h8-9H,3-7H2,1-2H3,(H,15,17,20). The van der Waals surface area contributed by atoms with Crippen molar-refractivity contribution >= 4 is 32.4 Å². The second-order valence-electron chi connectivity index (χ2n) is 5.59. The lowest BCUT2D eigenvalue weighted by atomic mass is 10.4. The molecule has 0 unspecified atom stereocenters. The lowest BCUT2D eigenvalue weighted by Gasteiger charge is -2.13. The van der Waals surface area contributed by atoms with Crippen molar-refractivity contribution in [3.05, 3.63) is 23.0 Å². The molecule has 1 fully saturated rings.